The van der Waals surface area contributed by atoms with Crippen molar-refractivity contribution in [2.24, 2.45) is 14.1 Å². The van der Waals surface area contributed by atoms with Gasteiger partial charge in [-0.15, -0.1) is 0 Å². The summed E-state index contributed by atoms with van der Waals surface area (Å²) in [7, 11) is 3.27. The molecule has 0 amide bonds. The Bertz CT molecular complexity index is 7670. The lowest BCUT2D eigenvalue weighted by Crippen LogP contribution is -2.18. The van der Waals surface area contributed by atoms with Crippen molar-refractivity contribution < 1.29 is 57.7 Å². The number of phenolic OH excluding ortho intramolecular Hbond substituents is 6. The van der Waals surface area contributed by atoms with E-state index in [2.05, 4.69) is 31.8 Å². The number of aryl methyl sites for hydroxylation is 9. The van der Waals surface area contributed by atoms with Crippen LogP contribution in [0.5, 0.6) is 34.5 Å². The topological polar surface area (TPSA) is 317 Å². The van der Waals surface area contributed by atoms with Gasteiger partial charge in [0.25, 0.3) is 33.4 Å². The number of benzene rings is 12. The van der Waals surface area contributed by atoms with Crippen molar-refractivity contribution in [3.8, 4) is 46.3 Å². The largest absolute Gasteiger partial charge is 0.508 e. The zero-order valence-corrected chi connectivity index (χ0v) is 63.4. The van der Waals surface area contributed by atoms with Crippen molar-refractivity contribution in [3.63, 3.8) is 0 Å². The van der Waals surface area contributed by atoms with Crippen LogP contribution in [0.2, 0.25) is 5.02 Å². The second kappa shape index (κ2) is 31.1. The van der Waals surface area contributed by atoms with Gasteiger partial charge in [0, 0.05) is 137 Å². The standard InChI is InChI=1S/2C16H14FNO2.C16H11NO3.C14H10ClNO2.C14H9F2NO2.C14H10FNO2/c1-8-4-12-10(6-13(8)17)11-5-9(2)15(19)7-14(11)18(3)16(12)20;1-8-4-11-15(12(17)5-8)10-6-9(2)14(19)7-13(10)18(3)16(11)20;18-7-1-2-10-3-5-13-14(8-10)12-6-4-11(19)9-15(12)17-16(13)20;1-7-4-10-13(11(15)5-7)9-3-2-8(17)6-12(9)16-14(10)18;1-6-2-8-12(9(15)3-6)13-10(16)4-7(18)5-11(13)17-14(8)19;1-7-4-11-10(6-12(7)15)9-3-2-8(17)5-13(9)16-14(11)18/h2*4-7,19H,1-3H3;3-6,8-9,18-19H,7H2,(H,17,20);2-6,17H,1H3,(H,16,18);2-5,18H,1H3,(H,17,19);2-6,17H,1H3,(H,16,18). The van der Waals surface area contributed by atoms with Crippen molar-refractivity contribution in [1.29, 1.82) is 0 Å². The number of aromatic hydroxyl groups is 6. The van der Waals surface area contributed by atoms with E-state index in [0.29, 0.717) is 120 Å². The van der Waals surface area contributed by atoms with Crippen LogP contribution in [0.3, 0.4) is 0 Å². The summed E-state index contributed by atoms with van der Waals surface area (Å²) in [5.74, 6) is 3.04. The Labute approximate surface area is 651 Å². The predicted octanol–water partition coefficient (Wildman–Crippen LogP) is 17.2. The summed E-state index contributed by atoms with van der Waals surface area (Å²) in [5, 5.41) is 75.7. The molecule has 18 rings (SSSR count). The van der Waals surface area contributed by atoms with Gasteiger partial charge in [0.05, 0.1) is 43.9 Å². The monoisotopic (exact) mass is 1570 g/mol. The van der Waals surface area contributed by atoms with Gasteiger partial charge in [-0.05, 0) is 231 Å². The number of H-pyrrole nitrogens is 4. The molecule has 0 aliphatic carbocycles. The first-order valence-electron chi connectivity index (χ1n) is 35.3. The fraction of sp³-hybridized carbons (Fsp3) is 0.111. The minimum absolute atomic E-state index is 0.0371. The van der Waals surface area contributed by atoms with Gasteiger partial charge < -0.3 is 64.8 Å². The fourth-order valence-corrected chi connectivity index (χ4v) is 14.5. The average Bonchev–Trinajstić information content (AvgIpc) is 0.743. The third kappa shape index (κ3) is 15.3. The number of nitrogens with one attached hydrogen (secondary N) is 4. The number of rotatable bonds is 0. The minimum Gasteiger partial charge on any atom is -0.508 e. The molecule has 0 bridgehead atoms. The van der Waals surface area contributed by atoms with E-state index in [1.54, 1.807) is 128 Å². The van der Waals surface area contributed by atoms with E-state index in [0.717, 1.165) is 44.1 Å². The molecular weight excluding hydrogens is 1500 g/mol. The summed E-state index contributed by atoms with van der Waals surface area (Å²) in [5.41, 5.74) is 6.35. The Morgan fingerprint density at radius 1 is 0.330 bits per heavy atom. The van der Waals surface area contributed by atoms with Crippen molar-refractivity contribution in [2.75, 3.05) is 6.61 Å². The molecule has 0 aliphatic heterocycles. The van der Waals surface area contributed by atoms with E-state index < -0.39 is 23.0 Å². The van der Waals surface area contributed by atoms with Crippen LogP contribution in [-0.2, 0) is 14.1 Å². The molecule has 0 aliphatic rings. The third-order valence-electron chi connectivity index (χ3n) is 19.8. The van der Waals surface area contributed by atoms with Gasteiger partial charge >= 0.3 is 0 Å². The number of aliphatic hydroxyl groups is 1. The molecule has 12 aromatic carbocycles. The molecule has 25 heteroatoms. The van der Waals surface area contributed by atoms with Crippen LogP contribution in [0.4, 0.5) is 22.0 Å². The highest BCUT2D eigenvalue weighted by atomic mass is 35.5. The maximum Gasteiger partial charge on any atom is 0.258 e. The van der Waals surface area contributed by atoms with Crippen LogP contribution in [0.1, 0.15) is 44.5 Å². The van der Waals surface area contributed by atoms with Gasteiger partial charge in [0.15, 0.2) is 0 Å². The fourth-order valence-electron chi connectivity index (χ4n) is 14.1. The van der Waals surface area contributed by atoms with Crippen molar-refractivity contribution in [3.05, 3.63) is 311 Å². The first-order valence-corrected chi connectivity index (χ1v) is 35.7. The molecule has 0 fully saturated rings. The van der Waals surface area contributed by atoms with E-state index in [4.69, 9.17) is 16.7 Å². The lowest BCUT2D eigenvalue weighted by atomic mass is 10.0. The number of aromatic nitrogens is 6. The van der Waals surface area contributed by atoms with Crippen LogP contribution in [0, 0.1) is 89.4 Å². The van der Waals surface area contributed by atoms with Gasteiger partial charge in [-0.1, -0.05) is 23.4 Å². The molecule has 6 heterocycles. The average molecular weight is 1570 g/mol. The summed E-state index contributed by atoms with van der Waals surface area (Å²) >= 11 is 6.24. The number of hydrogen-bond acceptors (Lipinski definition) is 13. The lowest BCUT2D eigenvalue weighted by Gasteiger charge is -2.12. The van der Waals surface area contributed by atoms with Gasteiger partial charge in [0.2, 0.25) is 0 Å². The van der Waals surface area contributed by atoms with E-state index in [1.165, 1.54) is 81.9 Å². The molecule has 115 heavy (non-hydrogen) atoms. The predicted molar refractivity (Wildman–Crippen MR) is 444 cm³/mol. The van der Waals surface area contributed by atoms with Gasteiger partial charge in [-0.2, -0.15) is 0 Å². The summed E-state index contributed by atoms with van der Waals surface area (Å²) in [6.45, 7) is 11.9. The van der Waals surface area contributed by atoms with Gasteiger partial charge in [-0.3, -0.25) is 28.8 Å². The molecular formula is C90H68ClF5N6O13. The summed E-state index contributed by atoms with van der Waals surface area (Å²) < 4.78 is 72.7. The number of hydrogen-bond donors (Lipinski definition) is 11. The first kappa shape index (κ1) is 78.8. The molecule has 0 atom stereocenters. The second-order valence-corrected chi connectivity index (χ2v) is 28.3. The first-order chi connectivity index (χ1) is 54.6. The maximum atomic E-state index is 14.3. The smallest absolute Gasteiger partial charge is 0.258 e. The Morgan fingerprint density at radius 2 is 0.730 bits per heavy atom. The van der Waals surface area contributed by atoms with Crippen LogP contribution >= 0.6 is 11.6 Å². The molecule has 18 aromatic rings. The molecule has 0 unspecified atom stereocenters. The van der Waals surface area contributed by atoms with E-state index >= 15 is 0 Å². The molecule has 578 valence electrons. The zero-order valence-electron chi connectivity index (χ0n) is 62.6. The molecule has 6 aromatic heterocycles. The van der Waals surface area contributed by atoms with Gasteiger partial charge in [0.1, 0.15) is 70.2 Å². The normalized spacial score (nSPS) is 11.2. The number of nitrogens with zero attached hydrogens (tertiary/aromatic N) is 2. The van der Waals surface area contributed by atoms with E-state index in [-0.39, 0.29) is 102 Å². The SMILES string of the molecule is Cc1cc(Cl)c2c(c1)c(=O)[nH]c1cc(O)ccc12.Cc1cc(F)c2c(c1)c(=O)[nH]c1cc(O)cc(F)c12.Cc1cc(F)c2c(c1)c(=O)n(C)c1cc(O)c(C)cc21.Cc1cc2c(=O)[nH]c3cc(O)ccc3c2cc1F.Cc1cc2c3cc(F)c(C)cc3c(=O)n(C)c2cc1O.O=c1[nH]c2cc(O)ccc2c2cc(C#CCO)ccc12. The van der Waals surface area contributed by atoms with Crippen LogP contribution in [-0.4, -0.2) is 71.4 Å². The third-order valence-corrected chi connectivity index (χ3v) is 20.1. The number of aromatic amines is 4. The van der Waals surface area contributed by atoms with Crippen LogP contribution in [0.15, 0.2) is 199 Å². The summed E-state index contributed by atoms with van der Waals surface area (Å²) in [6, 6.07) is 43.6. The number of fused-ring (bicyclic) bond motifs is 18. The Morgan fingerprint density at radius 3 is 1.29 bits per heavy atom. The molecule has 11 N–H and O–H groups in total. The number of phenols is 6. The summed E-state index contributed by atoms with van der Waals surface area (Å²) in [4.78, 5) is 83.2. The highest BCUT2D eigenvalue weighted by Gasteiger charge is 2.20. The zero-order chi connectivity index (χ0) is 82.8. The molecule has 0 spiro atoms. The highest BCUT2D eigenvalue weighted by molar-refractivity contribution is 6.38. The molecule has 0 saturated carbocycles. The lowest BCUT2D eigenvalue weighted by molar-refractivity contribution is 0.350. The molecule has 0 saturated heterocycles. The van der Waals surface area contributed by atoms with Gasteiger partial charge in [-0.25, -0.2) is 22.0 Å². The minimum atomic E-state index is -0.779. The van der Waals surface area contributed by atoms with E-state index in [1.807, 2.05) is 25.1 Å². The Balaban J connectivity index is 0.000000120. The van der Waals surface area contributed by atoms with Crippen molar-refractivity contribution in [2.45, 2.75) is 48.5 Å². The molecule has 0 radical (unpaired) electrons. The van der Waals surface area contributed by atoms with Crippen molar-refractivity contribution >= 4 is 142 Å². The maximum absolute atomic E-state index is 14.3. The molecule has 19 nitrogen and oxygen atoms in total. The number of halogens is 6. The van der Waals surface area contributed by atoms with Crippen LogP contribution in [0.25, 0.3) is 130 Å². The summed E-state index contributed by atoms with van der Waals surface area (Å²) in [6.07, 6.45) is 0. The van der Waals surface area contributed by atoms with E-state index in [9.17, 15) is 81.4 Å². The Kier molecular flexibility index (Phi) is 21.3. The quantitative estimate of drug-likeness (QED) is 0.0383. The highest BCUT2D eigenvalue weighted by Crippen LogP contribution is 2.36. The van der Waals surface area contributed by atoms with Crippen molar-refractivity contribution in [1.82, 2.24) is 29.1 Å². The Hall–Kier alpha value is -14.3. The second-order valence-electron chi connectivity index (χ2n) is 27.9. The van der Waals surface area contributed by atoms with Crippen LogP contribution < -0.4 is 33.4 Å². The number of aliphatic hydroxyl groups excluding tert-OH is 1. The number of pyridine rings is 6.